The standard InChI is InChI=1S/C16H21BN2O2/c1-15(2)16(3,4)21-17(20-15)12-5-8-14-11(9-12)10-18-19(14)13-6-7-13/h5,8-10,13H,6-7H2,1-4H3. The highest BCUT2D eigenvalue weighted by molar-refractivity contribution is 6.62. The highest BCUT2D eigenvalue weighted by atomic mass is 16.7. The third-order valence-electron chi connectivity index (χ3n) is 5.04. The molecule has 1 saturated carbocycles. The third-order valence-corrected chi connectivity index (χ3v) is 5.04. The number of aromatic nitrogens is 2. The molecule has 1 saturated heterocycles. The van der Waals surface area contributed by atoms with Gasteiger partial charge in [-0.3, -0.25) is 4.68 Å². The summed E-state index contributed by atoms with van der Waals surface area (Å²) in [5.74, 6) is 0. The molecule has 1 aromatic heterocycles. The maximum absolute atomic E-state index is 6.12. The molecule has 4 nitrogen and oxygen atoms in total. The lowest BCUT2D eigenvalue weighted by Gasteiger charge is -2.32. The van der Waals surface area contributed by atoms with Gasteiger partial charge in [-0.15, -0.1) is 0 Å². The van der Waals surface area contributed by atoms with Crippen molar-refractivity contribution in [3.8, 4) is 0 Å². The lowest BCUT2D eigenvalue weighted by molar-refractivity contribution is 0.00578. The van der Waals surface area contributed by atoms with E-state index in [0.717, 1.165) is 10.8 Å². The fraction of sp³-hybridized carbons (Fsp3) is 0.562. The summed E-state index contributed by atoms with van der Waals surface area (Å²) < 4.78 is 14.4. The number of hydrogen-bond acceptors (Lipinski definition) is 3. The van der Waals surface area contributed by atoms with E-state index >= 15 is 0 Å². The van der Waals surface area contributed by atoms with Crippen LogP contribution in [0.2, 0.25) is 0 Å². The van der Waals surface area contributed by atoms with Gasteiger partial charge in [0.1, 0.15) is 0 Å². The van der Waals surface area contributed by atoms with E-state index < -0.39 is 0 Å². The van der Waals surface area contributed by atoms with Crippen molar-refractivity contribution < 1.29 is 9.31 Å². The van der Waals surface area contributed by atoms with Gasteiger partial charge in [0.2, 0.25) is 0 Å². The molecule has 2 aliphatic rings. The van der Waals surface area contributed by atoms with Gasteiger partial charge in [0.05, 0.1) is 29.0 Å². The molecule has 0 atom stereocenters. The molecule has 0 spiro atoms. The van der Waals surface area contributed by atoms with Crippen LogP contribution >= 0.6 is 0 Å². The van der Waals surface area contributed by atoms with Crippen molar-refractivity contribution in [1.29, 1.82) is 0 Å². The van der Waals surface area contributed by atoms with Gasteiger partial charge in [-0.05, 0) is 52.1 Å². The summed E-state index contributed by atoms with van der Waals surface area (Å²) in [5.41, 5.74) is 1.67. The van der Waals surface area contributed by atoms with Crippen LogP contribution in [0.25, 0.3) is 10.9 Å². The zero-order valence-electron chi connectivity index (χ0n) is 13.1. The molecule has 1 aliphatic heterocycles. The normalized spacial score (nSPS) is 23.9. The maximum atomic E-state index is 6.12. The molecule has 0 bridgehead atoms. The molecule has 2 fully saturated rings. The first-order valence-electron chi connectivity index (χ1n) is 7.70. The van der Waals surface area contributed by atoms with Crippen molar-refractivity contribution in [1.82, 2.24) is 9.78 Å². The van der Waals surface area contributed by atoms with Crippen molar-refractivity contribution in [3.63, 3.8) is 0 Å². The summed E-state index contributed by atoms with van der Waals surface area (Å²) in [5, 5.41) is 5.68. The lowest BCUT2D eigenvalue weighted by Crippen LogP contribution is -2.41. The molecule has 0 unspecified atom stereocenters. The van der Waals surface area contributed by atoms with Crippen LogP contribution in [0.1, 0.15) is 46.6 Å². The smallest absolute Gasteiger partial charge is 0.399 e. The fourth-order valence-corrected chi connectivity index (χ4v) is 2.81. The van der Waals surface area contributed by atoms with E-state index in [2.05, 4.69) is 55.7 Å². The molecule has 5 heteroatoms. The summed E-state index contributed by atoms with van der Waals surface area (Å²) in [6.07, 6.45) is 4.44. The Hall–Kier alpha value is -1.33. The highest BCUT2D eigenvalue weighted by Gasteiger charge is 2.51. The second-order valence-electron chi connectivity index (χ2n) is 7.23. The predicted molar refractivity (Wildman–Crippen MR) is 83.7 cm³/mol. The van der Waals surface area contributed by atoms with Gasteiger partial charge in [0, 0.05) is 5.39 Å². The largest absolute Gasteiger partial charge is 0.494 e. The van der Waals surface area contributed by atoms with Gasteiger partial charge >= 0.3 is 7.12 Å². The van der Waals surface area contributed by atoms with Crippen molar-refractivity contribution >= 4 is 23.5 Å². The maximum Gasteiger partial charge on any atom is 0.494 e. The van der Waals surface area contributed by atoms with Gasteiger partial charge in [0.15, 0.2) is 0 Å². The first kappa shape index (κ1) is 13.3. The summed E-state index contributed by atoms with van der Waals surface area (Å²) in [6.45, 7) is 8.32. The predicted octanol–water partition coefficient (Wildman–Crippen LogP) is 2.67. The van der Waals surface area contributed by atoms with Crippen LogP contribution < -0.4 is 5.46 Å². The fourth-order valence-electron chi connectivity index (χ4n) is 2.81. The zero-order chi connectivity index (χ0) is 14.8. The molecule has 0 amide bonds. The number of hydrogen-bond donors (Lipinski definition) is 0. The summed E-state index contributed by atoms with van der Waals surface area (Å²) in [7, 11) is -0.302. The van der Waals surface area contributed by atoms with Gasteiger partial charge in [-0.1, -0.05) is 12.1 Å². The molecule has 110 valence electrons. The average molecular weight is 284 g/mol. The van der Waals surface area contributed by atoms with Crippen molar-refractivity contribution in [3.05, 3.63) is 24.4 Å². The van der Waals surface area contributed by atoms with Gasteiger partial charge in [0.25, 0.3) is 0 Å². The third kappa shape index (κ3) is 2.02. The lowest BCUT2D eigenvalue weighted by atomic mass is 9.79. The van der Waals surface area contributed by atoms with Crippen LogP contribution in [0, 0.1) is 0 Å². The van der Waals surface area contributed by atoms with Gasteiger partial charge in [-0.25, -0.2) is 0 Å². The van der Waals surface area contributed by atoms with Crippen LogP contribution in [-0.2, 0) is 9.31 Å². The van der Waals surface area contributed by atoms with Crippen LogP contribution in [0.4, 0.5) is 0 Å². The Morgan fingerprint density at radius 1 is 1.14 bits per heavy atom. The summed E-state index contributed by atoms with van der Waals surface area (Å²) >= 11 is 0. The van der Waals surface area contributed by atoms with Gasteiger partial charge in [-0.2, -0.15) is 5.10 Å². The van der Waals surface area contributed by atoms with Crippen LogP contribution in [0.5, 0.6) is 0 Å². The minimum absolute atomic E-state index is 0.301. The number of rotatable bonds is 2. The quantitative estimate of drug-likeness (QED) is 0.795. The summed E-state index contributed by atoms with van der Waals surface area (Å²) in [6, 6.07) is 6.99. The van der Waals surface area contributed by atoms with Crippen LogP contribution in [-0.4, -0.2) is 28.1 Å². The molecular weight excluding hydrogens is 263 g/mol. The monoisotopic (exact) mass is 284 g/mol. The number of benzene rings is 1. The SMILES string of the molecule is CC1(C)OB(c2ccc3c(cnn3C3CC3)c2)OC1(C)C. The Morgan fingerprint density at radius 2 is 1.81 bits per heavy atom. The second kappa shape index (κ2) is 4.11. The Kier molecular flexibility index (Phi) is 2.61. The number of nitrogens with zero attached hydrogens (tertiary/aromatic N) is 2. The Balaban J connectivity index is 1.69. The second-order valence-corrected chi connectivity index (χ2v) is 7.23. The van der Waals surface area contributed by atoms with Gasteiger partial charge < -0.3 is 9.31 Å². The van der Waals surface area contributed by atoms with E-state index in [1.54, 1.807) is 0 Å². The van der Waals surface area contributed by atoms with E-state index in [0.29, 0.717) is 6.04 Å². The Morgan fingerprint density at radius 3 is 2.43 bits per heavy atom. The average Bonchev–Trinajstić information content (AvgIpc) is 3.11. The molecule has 4 rings (SSSR count). The van der Waals surface area contributed by atoms with Crippen molar-refractivity contribution in [2.45, 2.75) is 57.8 Å². The molecule has 21 heavy (non-hydrogen) atoms. The first-order chi connectivity index (χ1) is 9.87. The van der Waals surface area contributed by atoms with Crippen LogP contribution in [0.3, 0.4) is 0 Å². The van der Waals surface area contributed by atoms with E-state index in [-0.39, 0.29) is 18.3 Å². The Labute approximate surface area is 125 Å². The molecule has 1 aliphatic carbocycles. The molecule has 2 heterocycles. The van der Waals surface area contributed by atoms with E-state index in [9.17, 15) is 0 Å². The van der Waals surface area contributed by atoms with Crippen molar-refractivity contribution in [2.24, 2.45) is 0 Å². The molecular formula is C16H21BN2O2. The van der Waals surface area contributed by atoms with E-state index in [1.807, 2.05) is 6.20 Å². The highest BCUT2D eigenvalue weighted by Crippen LogP contribution is 2.38. The molecule has 1 aromatic carbocycles. The topological polar surface area (TPSA) is 36.3 Å². The zero-order valence-corrected chi connectivity index (χ0v) is 13.1. The first-order valence-corrected chi connectivity index (χ1v) is 7.70. The molecule has 0 radical (unpaired) electrons. The molecule has 0 N–H and O–H groups in total. The Bertz CT molecular complexity index is 687. The van der Waals surface area contributed by atoms with E-state index in [1.165, 1.54) is 18.4 Å². The minimum Gasteiger partial charge on any atom is -0.399 e. The number of fused-ring (bicyclic) bond motifs is 1. The van der Waals surface area contributed by atoms with Crippen molar-refractivity contribution in [2.75, 3.05) is 0 Å². The molecule has 2 aromatic rings. The van der Waals surface area contributed by atoms with Crippen LogP contribution in [0.15, 0.2) is 24.4 Å². The minimum atomic E-state index is -0.302. The van der Waals surface area contributed by atoms with E-state index in [4.69, 9.17) is 9.31 Å². The summed E-state index contributed by atoms with van der Waals surface area (Å²) in [4.78, 5) is 0.